The molecule has 1 aromatic rings. The second kappa shape index (κ2) is 5.16. The molecule has 1 aromatic heterocycles. The van der Waals surface area contributed by atoms with E-state index in [2.05, 4.69) is 9.97 Å². The first-order valence-corrected chi connectivity index (χ1v) is 4.10. The quantitative estimate of drug-likeness (QED) is 0.648. The van der Waals surface area contributed by atoms with E-state index in [1.54, 1.807) is 0 Å². The molecule has 0 unspecified atom stereocenters. The van der Waals surface area contributed by atoms with Gasteiger partial charge in [-0.15, -0.1) is 0 Å². The van der Waals surface area contributed by atoms with Crippen molar-refractivity contribution in [2.45, 2.75) is 12.8 Å². The zero-order valence-electron chi connectivity index (χ0n) is 9.11. The van der Waals surface area contributed by atoms with Crippen LogP contribution in [0, 0.1) is 0 Å². The van der Waals surface area contributed by atoms with E-state index < -0.39 is 6.26 Å². The Morgan fingerprint density at radius 2 is 2.36 bits per heavy atom. The third kappa shape index (κ3) is 2.42. The van der Waals surface area contributed by atoms with Crippen molar-refractivity contribution in [3.05, 3.63) is 11.8 Å². The van der Waals surface area contributed by atoms with E-state index in [-0.39, 0.29) is 12.4 Å². The number of aldehydes is 1. The monoisotopic (exact) mass is 197 g/mol. The molecule has 0 atom stereocenters. The number of carbonyl (C=O) groups excluding carboxylic acids is 1. The lowest BCUT2D eigenvalue weighted by molar-refractivity contribution is -0.107. The van der Waals surface area contributed by atoms with Crippen molar-refractivity contribution in [2.24, 2.45) is 0 Å². The lowest BCUT2D eigenvalue weighted by atomic mass is 10.2. The van der Waals surface area contributed by atoms with E-state index in [1.807, 2.05) is 0 Å². The first-order chi connectivity index (χ1) is 7.17. The summed E-state index contributed by atoms with van der Waals surface area (Å²) in [5.41, 5.74) is 0.693. The van der Waals surface area contributed by atoms with Gasteiger partial charge in [0.05, 0.1) is 14.2 Å². The number of carbonyl (C=O) groups is 1. The zero-order chi connectivity index (χ0) is 11.3. The fourth-order valence-corrected chi connectivity index (χ4v) is 1.01. The lowest BCUT2D eigenvalue weighted by Gasteiger charge is -2.06. The van der Waals surface area contributed by atoms with Crippen LogP contribution in [0.25, 0.3) is 0 Å². The molecule has 76 valence electrons. The number of rotatable bonds is 5. The number of hydrogen-bond donors (Lipinski definition) is 0. The van der Waals surface area contributed by atoms with Gasteiger partial charge >= 0.3 is 6.01 Å². The van der Waals surface area contributed by atoms with Crippen molar-refractivity contribution in [3.8, 4) is 11.9 Å². The van der Waals surface area contributed by atoms with Gasteiger partial charge in [0.2, 0.25) is 5.88 Å². The minimum Gasteiger partial charge on any atom is -0.481 e. The van der Waals surface area contributed by atoms with Gasteiger partial charge in [-0.25, -0.2) is 4.98 Å². The van der Waals surface area contributed by atoms with Gasteiger partial charge in [-0.2, -0.15) is 4.98 Å². The second-order valence-electron chi connectivity index (χ2n) is 2.54. The molecule has 0 aliphatic carbocycles. The van der Waals surface area contributed by atoms with E-state index in [9.17, 15) is 4.79 Å². The highest BCUT2D eigenvalue weighted by molar-refractivity contribution is 5.50. The summed E-state index contributed by atoms with van der Waals surface area (Å²) in [7, 11) is 2.94. The Balaban J connectivity index is 2.82. The highest BCUT2D eigenvalue weighted by Gasteiger charge is 2.06. The van der Waals surface area contributed by atoms with Crippen LogP contribution in [0.4, 0.5) is 0 Å². The van der Waals surface area contributed by atoms with Gasteiger partial charge in [-0.3, -0.25) is 0 Å². The molecule has 5 heteroatoms. The van der Waals surface area contributed by atoms with Crippen LogP contribution >= 0.6 is 0 Å². The Morgan fingerprint density at radius 1 is 1.57 bits per heavy atom. The summed E-state index contributed by atoms with van der Waals surface area (Å²) in [5.74, 6) is 0.378. The molecule has 0 amide bonds. The van der Waals surface area contributed by atoms with Crippen molar-refractivity contribution in [2.75, 3.05) is 14.2 Å². The first kappa shape index (κ1) is 8.93. The van der Waals surface area contributed by atoms with Crippen LogP contribution in [0.1, 0.15) is 13.4 Å². The maximum atomic E-state index is 10.5. The number of aromatic nitrogens is 2. The molecule has 0 bridgehead atoms. The standard InChI is InChI=1S/C9H12N2O3/c1-13-8-7(4-3-5-12)6-10-9(11-8)14-2/h5-6H,3-4H2,1-2H3/i5D. The Kier molecular flexibility index (Phi) is 3.29. The summed E-state index contributed by atoms with van der Waals surface area (Å²) < 4.78 is 16.6. The fourth-order valence-electron chi connectivity index (χ4n) is 1.01. The summed E-state index contributed by atoms with van der Waals surface area (Å²) in [5, 5.41) is 0. The summed E-state index contributed by atoms with van der Waals surface area (Å²) in [6.07, 6.45) is 1.45. The molecule has 5 nitrogen and oxygen atoms in total. The molecule has 0 radical (unpaired) electrons. The number of methoxy groups -OCH3 is 2. The van der Waals surface area contributed by atoms with E-state index in [0.717, 1.165) is 0 Å². The summed E-state index contributed by atoms with van der Waals surface area (Å²) >= 11 is 0. The normalized spacial score (nSPS) is 10.6. The van der Waals surface area contributed by atoms with Crippen LogP contribution < -0.4 is 9.47 Å². The van der Waals surface area contributed by atoms with Gasteiger partial charge in [-0.05, 0) is 6.42 Å². The first-order valence-electron chi connectivity index (χ1n) is 4.60. The molecule has 14 heavy (non-hydrogen) atoms. The summed E-state index contributed by atoms with van der Waals surface area (Å²) in [6, 6.07) is 0.216. The Hall–Kier alpha value is -1.65. The largest absolute Gasteiger partial charge is 0.481 e. The van der Waals surface area contributed by atoms with Gasteiger partial charge in [0.25, 0.3) is 0 Å². The maximum absolute atomic E-state index is 10.5. The molecule has 0 saturated heterocycles. The van der Waals surface area contributed by atoms with Gasteiger partial charge in [0.1, 0.15) is 7.63 Å². The Morgan fingerprint density at radius 3 is 2.93 bits per heavy atom. The van der Waals surface area contributed by atoms with Gasteiger partial charge < -0.3 is 14.3 Å². The number of ether oxygens (including phenoxy) is 2. The van der Waals surface area contributed by atoms with Gasteiger partial charge in [-0.1, -0.05) is 0 Å². The van der Waals surface area contributed by atoms with Crippen LogP contribution in [0.2, 0.25) is 0 Å². The summed E-state index contributed by atoms with van der Waals surface area (Å²) in [6.45, 7) is 0. The van der Waals surface area contributed by atoms with Crippen molar-refractivity contribution in [3.63, 3.8) is 0 Å². The van der Waals surface area contributed by atoms with Crippen LogP contribution in [0.3, 0.4) is 0 Å². The predicted octanol–water partition coefficient (Wildman–Crippen LogP) is 0.625. The molecule has 0 saturated carbocycles. The van der Waals surface area contributed by atoms with Crippen LogP contribution in [0.15, 0.2) is 6.20 Å². The van der Waals surface area contributed by atoms with Crippen LogP contribution in [-0.4, -0.2) is 30.4 Å². The molecule has 0 aliphatic heterocycles. The van der Waals surface area contributed by atoms with Crippen LogP contribution in [-0.2, 0) is 11.2 Å². The number of nitrogens with zero attached hydrogens (tertiary/aromatic N) is 2. The molecule has 0 N–H and O–H groups in total. The average Bonchev–Trinajstić information content (AvgIpc) is 2.25. The lowest BCUT2D eigenvalue weighted by Crippen LogP contribution is -2.00. The minimum atomic E-state index is -0.618. The molecular formula is C9H12N2O3. The third-order valence-corrected chi connectivity index (χ3v) is 1.68. The van der Waals surface area contributed by atoms with E-state index >= 15 is 0 Å². The molecule has 1 rings (SSSR count). The zero-order valence-corrected chi connectivity index (χ0v) is 8.11. The third-order valence-electron chi connectivity index (χ3n) is 1.68. The van der Waals surface area contributed by atoms with Crippen molar-refractivity contribution >= 4 is 6.26 Å². The topological polar surface area (TPSA) is 61.3 Å². The molecule has 0 spiro atoms. The molecule has 1 heterocycles. The second-order valence-corrected chi connectivity index (χ2v) is 2.54. The SMILES string of the molecule is [2H]C(=O)CCc1cnc(OC)nc1OC. The number of hydrogen-bond acceptors (Lipinski definition) is 5. The van der Waals surface area contributed by atoms with Crippen molar-refractivity contribution in [1.82, 2.24) is 9.97 Å². The van der Waals surface area contributed by atoms with Gasteiger partial charge in [0, 0.05) is 18.2 Å². The van der Waals surface area contributed by atoms with E-state index in [1.165, 1.54) is 20.4 Å². The smallest absolute Gasteiger partial charge is 0.319 e. The van der Waals surface area contributed by atoms with Crippen molar-refractivity contribution in [1.29, 1.82) is 0 Å². The molecular weight excluding hydrogens is 184 g/mol. The highest BCUT2D eigenvalue weighted by atomic mass is 16.5. The highest BCUT2D eigenvalue weighted by Crippen LogP contribution is 2.17. The maximum Gasteiger partial charge on any atom is 0.319 e. The Bertz CT molecular complexity index is 357. The molecule has 0 aromatic carbocycles. The Labute approximate surface area is 83.5 Å². The predicted molar refractivity (Wildman–Crippen MR) is 49.5 cm³/mol. The van der Waals surface area contributed by atoms with E-state index in [0.29, 0.717) is 17.9 Å². The molecule has 0 fully saturated rings. The minimum absolute atomic E-state index is 0.131. The average molecular weight is 197 g/mol. The number of aryl methyl sites for hydroxylation is 1. The van der Waals surface area contributed by atoms with Crippen molar-refractivity contribution < 1.29 is 15.6 Å². The fraction of sp³-hybridized carbons (Fsp3) is 0.444. The van der Waals surface area contributed by atoms with E-state index in [4.69, 9.17) is 10.8 Å². The summed E-state index contributed by atoms with van der Waals surface area (Å²) in [4.78, 5) is 18.4. The van der Waals surface area contributed by atoms with Crippen LogP contribution in [0.5, 0.6) is 11.9 Å². The van der Waals surface area contributed by atoms with Gasteiger partial charge in [0.15, 0.2) is 0 Å². The molecule has 0 aliphatic rings.